The Bertz CT molecular complexity index is 815. The second-order valence-electron chi connectivity index (χ2n) is 6.18. The normalized spacial score (nSPS) is 16.1. The number of hydrogen-bond acceptors (Lipinski definition) is 4. The Morgan fingerprint density at radius 2 is 1.79 bits per heavy atom. The summed E-state index contributed by atoms with van der Waals surface area (Å²) >= 11 is 0. The molecule has 0 atom stereocenters. The fourth-order valence-corrected chi connectivity index (χ4v) is 3.15. The van der Waals surface area contributed by atoms with Crippen LogP contribution >= 0.6 is 0 Å². The molecular weight excluding hydrogens is 314 g/mol. The molecule has 0 aliphatic carbocycles. The molecule has 7 heteroatoms. The summed E-state index contributed by atoms with van der Waals surface area (Å²) in [7, 11) is 0. The predicted octanol–water partition coefficient (Wildman–Crippen LogP) is 2.43. The van der Waals surface area contributed by atoms with E-state index in [9.17, 15) is 13.6 Å². The van der Waals surface area contributed by atoms with Crippen LogP contribution in [0.15, 0.2) is 18.2 Å². The van der Waals surface area contributed by atoms with E-state index < -0.39 is 17.5 Å². The third-order valence-electron chi connectivity index (χ3n) is 4.42. The first-order valence-electron chi connectivity index (χ1n) is 7.88. The van der Waals surface area contributed by atoms with Crippen molar-refractivity contribution in [2.45, 2.75) is 26.4 Å². The zero-order chi connectivity index (χ0) is 16.8. The van der Waals surface area contributed by atoms with Crippen molar-refractivity contribution in [3.05, 3.63) is 52.5 Å². The lowest BCUT2D eigenvalue weighted by Crippen LogP contribution is -2.38. The van der Waals surface area contributed by atoms with Gasteiger partial charge in [0.05, 0.1) is 18.8 Å². The summed E-state index contributed by atoms with van der Waals surface area (Å²) in [5.41, 5.74) is 1.76. The van der Waals surface area contributed by atoms with Crippen molar-refractivity contribution in [1.29, 1.82) is 0 Å². The number of halogens is 2. The molecule has 5 nitrogen and oxygen atoms in total. The van der Waals surface area contributed by atoms with Crippen LogP contribution in [0.4, 0.5) is 14.6 Å². The van der Waals surface area contributed by atoms with Crippen LogP contribution in [0.25, 0.3) is 0 Å². The molecule has 1 fully saturated rings. The highest BCUT2D eigenvalue weighted by atomic mass is 19.1. The number of hydrogen-bond donors (Lipinski definition) is 0. The van der Waals surface area contributed by atoms with Gasteiger partial charge in [-0.1, -0.05) is 0 Å². The van der Waals surface area contributed by atoms with E-state index in [1.54, 1.807) is 4.90 Å². The number of rotatable bonds is 2. The van der Waals surface area contributed by atoms with Crippen LogP contribution < -0.4 is 4.90 Å². The minimum absolute atomic E-state index is 0.00971. The number of amides is 1. The maximum absolute atomic E-state index is 13.4. The van der Waals surface area contributed by atoms with Crippen LogP contribution in [0, 0.1) is 18.6 Å². The molecule has 0 N–H and O–H groups in total. The molecule has 3 heterocycles. The largest absolute Gasteiger partial charge is 0.356 e. The maximum Gasteiger partial charge on any atom is 0.254 e. The van der Waals surface area contributed by atoms with E-state index >= 15 is 0 Å². The highest BCUT2D eigenvalue weighted by molar-refractivity contribution is 5.94. The molecule has 0 radical (unpaired) electrons. The molecule has 1 aromatic heterocycles. The van der Waals surface area contributed by atoms with E-state index in [-0.39, 0.29) is 5.56 Å². The number of carbonyl (C=O) groups is 1. The van der Waals surface area contributed by atoms with Gasteiger partial charge < -0.3 is 9.80 Å². The summed E-state index contributed by atoms with van der Waals surface area (Å²) in [5, 5.41) is 0. The van der Waals surface area contributed by atoms with Gasteiger partial charge in [-0.05, 0) is 25.5 Å². The summed E-state index contributed by atoms with van der Waals surface area (Å²) < 4.78 is 26.7. The Morgan fingerprint density at radius 3 is 2.42 bits per heavy atom. The van der Waals surface area contributed by atoms with Gasteiger partial charge in [0, 0.05) is 30.3 Å². The number of aryl methyl sites for hydroxylation is 1. The number of nitrogens with zero attached hydrogens (tertiary/aromatic N) is 4. The lowest BCUT2D eigenvalue weighted by Gasteiger charge is -2.33. The average Bonchev–Trinajstić information content (AvgIpc) is 2.87. The Hall–Kier alpha value is -2.57. The maximum atomic E-state index is 13.4. The Kier molecular flexibility index (Phi) is 3.44. The van der Waals surface area contributed by atoms with Gasteiger partial charge >= 0.3 is 0 Å². The van der Waals surface area contributed by atoms with E-state index in [0.29, 0.717) is 18.9 Å². The summed E-state index contributed by atoms with van der Waals surface area (Å²) in [6.07, 6.45) is 1.13. The summed E-state index contributed by atoms with van der Waals surface area (Å²) in [6, 6.07) is 2.87. The lowest BCUT2D eigenvalue weighted by molar-refractivity contribution is 0.0749. The van der Waals surface area contributed by atoms with Gasteiger partial charge in [0.25, 0.3) is 5.91 Å². The van der Waals surface area contributed by atoms with Gasteiger partial charge in [0.2, 0.25) is 0 Å². The molecule has 124 valence electrons. The molecule has 2 aromatic rings. The van der Waals surface area contributed by atoms with E-state index in [1.165, 1.54) is 0 Å². The van der Waals surface area contributed by atoms with Crippen molar-refractivity contribution < 1.29 is 13.6 Å². The summed E-state index contributed by atoms with van der Waals surface area (Å²) in [6.45, 7) is 4.42. The Morgan fingerprint density at radius 1 is 1.08 bits per heavy atom. The monoisotopic (exact) mass is 330 g/mol. The zero-order valence-corrected chi connectivity index (χ0v) is 13.2. The van der Waals surface area contributed by atoms with Crippen molar-refractivity contribution in [3.8, 4) is 0 Å². The second kappa shape index (κ2) is 5.51. The molecule has 24 heavy (non-hydrogen) atoms. The third-order valence-corrected chi connectivity index (χ3v) is 4.42. The smallest absolute Gasteiger partial charge is 0.254 e. The molecule has 2 aliphatic heterocycles. The second-order valence-corrected chi connectivity index (χ2v) is 6.18. The quantitative estimate of drug-likeness (QED) is 0.849. The number of carbonyl (C=O) groups excluding carboxylic acids is 1. The number of fused-ring (bicyclic) bond motifs is 1. The van der Waals surface area contributed by atoms with Gasteiger partial charge in [0.1, 0.15) is 23.3 Å². The zero-order valence-electron chi connectivity index (χ0n) is 13.2. The predicted molar refractivity (Wildman–Crippen MR) is 83.5 cm³/mol. The van der Waals surface area contributed by atoms with E-state index in [0.717, 1.165) is 54.8 Å². The molecule has 0 unspecified atom stereocenters. The van der Waals surface area contributed by atoms with Crippen LogP contribution in [0.5, 0.6) is 0 Å². The SMILES string of the molecule is Cc1nc2c(c(N3CCC3)n1)CN(C(=O)c1cc(F)cc(F)c1)C2. The molecule has 1 amide bonds. The first kappa shape index (κ1) is 15.0. The van der Waals surface area contributed by atoms with Crippen LogP contribution in [0.3, 0.4) is 0 Å². The molecule has 2 aliphatic rings. The molecular formula is C17H16F2N4O. The highest BCUT2D eigenvalue weighted by Gasteiger charge is 2.31. The first-order valence-corrected chi connectivity index (χ1v) is 7.88. The van der Waals surface area contributed by atoms with E-state index in [4.69, 9.17) is 0 Å². The highest BCUT2D eigenvalue weighted by Crippen LogP contribution is 2.32. The first-order chi connectivity index (χ1) is 11.5. The molecule has 0 spiro atoms. The Balaban J connectivity index is 1.64. The van der Waals surface area contributed by atoms with Gasteiger partial charge in [-0.3, -0.25) is 4.79 Å². The van der Waals surface area contributed by atoms with Crippen LogP contribution in [0.2, 0.25) is 0 Å². The van der Waals surface area contributed by atoms with Crippen molar-refractivity contribution >= 4 is 11.7 Å². The number of aromatic nitrogens is 2. The molecule has 0 saturated carbocycles. The third kappa shape index (κ3) is 2.50. The lowest BCUT2D eigenvalue weighted by atomic mass is 10.1. The van der Waals surface area contributed by atoms with Crippen molar-refractivity contribution in [2.75, 3.05) is 18.0 Å². The topological polar surface area (TPSA) is 49.3 Å². The molecule has 0 bridgehead atoms. The van der Waals surface area contributed by atoms with Gasteiger partial charge in [0.15, 0.2) is 0 Å². The standard InChI is InChI=1S/C17H16F2N4O/c1-10-20-15-9-23(8-14(15)16(21-10)22-3-2-4-22)17(24)11-5-12(18)7-13(19)6-11/h5-7H,2-4,8-9H2,1H3. The average molecular weight is 330 g/mol. The number of anilines is 1. The fourth-order valence-electron chi connectivity index (χ4n) is 3.15. The summed E-state index contributed by atoms with van der Waals surface area (Å²) in [4.78, 5) is 25.3. The molecule has 4 rings (SSSR count). The van der Waals surface area contributed by atoms with Crippen LogP contribution in [0.1, 0.15) is 33.9 Å². The van der Waals surface area contributed by atoms with E-state index in [2.05, 4.69) is 14.9 Å². The van der Waals surface area contributed by atoms with Gasteiger partial charge in [-0.2, -0.15) is 0 Å². The van der Waals surface area contributed by atoms with Gasteiger partial charge in [-0.15, -0.1) is 0 Å². The minimum Gasteiger partial charge on any atom is -0.356 e. The number of benzene rings is 1. The molecule has 1 aromatic carbocycles. The minimum atomic E-state index is -0.757. The Labute approximate surface area is 137 Å². The van der Waals surface area contributed by atoms with Crippen molar-refractivity contribution in [3.63, 3.8) is 0 Å². The van der Waals surface area contributed by atoms with Crippen LogP contribution in [-0.4, -0.2) is 33.9 Å². The van der Waals surface area contributed by atoms with Crippen molar-refractivity contribution in [2.24, 2.45) is 0 Å². The van der Waals surface area contributed by atoms with Crippen molar-refractivity contribution in [1.82, 2.24) is 14.9 Å². The van der Waals surface area contributed by atoms with Crippen LogP contribution in [-0.2, 0) is 13.1 Å². The van der Waals surface area contributed by atoms with Gasteiger partial charge in [-0.25, -0.2) is 18.7 Å². The van der Waals surface area contributed by atoms with E-state index in [1.807, 2.05) is 6.92 Å². The fraction of sp³-hybridized carbons (Fsp3) is 0.353. The summed E-state index contributed by atoms with van der Waals surface area (Å²) in [5.74, 6) is -0.372. The molecule has 1 saturated heterocycles.